The molecule has 1 rings (SSSR count). The first-order chi connectivity index (χ1) is 9.03. The predicted molar refractivity (Wildman–Crippen MR) is 79.3 cm³/mol. The van der Waals surface area contributed by atoms with Crippen LogP contribution in [0.2, 0.25) is 0 Å². The van der Waals surface area contributed by atoms with Crippen molar-refractivity contribution in [2.24, 2.45) is 22.7 Å². The average Bonchev–Trinajstić information content (AvgIpc) is 2.71. The minimum atomic E-state index is -0.774. The Balaban J connectivity index is 2.87. The smallest absolute Gasteiger partial charge is 0.311 e. The summed E-state index contributed by atoms with van der Waals surface area (Å²) in [7, 11) is 0. The summed E-state index contributed by atoms with van der Waals surface area (Å²) in [6.07, 6.45) is 1.38. The molecule has 0 radical (unpaired) electrons. The maximum absolute atomic E-state index is 12.7. The van der Waals surface area contributed by atoms with Crippen molar-refractivity contribution in [3.8, 4) is 0 Å². The van der Waals surface area contributed by atoms with Crippen LogP contribution in [0.4, 0.5) is 0 Å². The summed E-state index contributed by atoms with van der Waals surface area (Å²) >= 11 is 0. The molecule has 1 unspecified atom stereocenters. The molecule has 0 saturated carbocycles. The second-order valence-electron chi connectivity index (χ2n) is 7.57. The molecule has 1 fully saturated rings. The minimum Gasteiger partial charge on any atom is -0.481 e. The van der Waals surface area contributed by atoms with E-state index in [4.69, 9.17) is 0 Å². The number of likely N-dealkylation sites (tertiary alicyclic amines) is 1. The van der Waals surface area contributed by atoms with Crippen LogP contribution < -0.4 is 0 Å². The lowest BCUT2D eigenvalue weighted by molar-refractivity contribution is -0.152. The summed E-state index contributed by atoms with van der Waals surface area (Å²) in [6.45, 7) is 12.9. The largest absolute Gasteiger partial charge is 0.481 e. The highest BCUT2D eigenvalue weighted by Gasteiger charge is 2.50. The third-order valence-electron chi connectivity index (χ3n) is 4.62. The Kier molecular flexibility index (Phi) is 4.88. The highest BCUT2D eigenvalue weighted by atomic mass is 16.4. The van der Waals surface area contributed by atoms with Crippen LogP contribution in [0.15, 0.2) is 0 Å². The van der Waals surface area contributed by atoms with Gasteiger partial charge in [-0.05, 0) is 24.7 Å². The van der Waals surface area contributed by atoms with Gasteiger partial charge in [-0.25, -0.2) is 0 Å². The molecule has 0 aromatic carbocycles. The number of carboxylic acid groups (broad SMARTS) is 1. The maximum atomic E-state index is 12.7. The zero-order valence-corrected chi connectivity index (χ0v) is 13.7. The van der Waals surface area contributed by atoms with Crippen molar-refractivity contribution in [3.05, 3.63) is 0 Å². The molecule has 1 saturated heterocycles. The van der Waals surface area contributed by atoms with Crippen LogP contribution in [0.25, 0.3) is 0 Å². The van der Waals surface area contributed by atoms with Crippen LogP contribution in [0.3, 0.4) is 0 Å². The molecule has 1 amide bonds. The second-order valence-corrected chi connectivity index (χ2v) is 7.57. The Morgan fingerprint density at radius 3 is 2.15 bits per heavy atom. The van der Waals surface area contributed by atoms with Crippen molar-refractivity contribution in [2.45, 2.75) is 54.4 Å². The van der Waals surface area contributed by atoms with Crippen molar-refractivity contribution in [2.75, 3.05) is 13.1 Å². The lowest BCUT2D eigenvalue weighted by atomic mass is 9.76. The Bertz CT molecular complexity index is 387. The van der Waals surface area contributed by atoms with Crippen LogP contribution in [0.1, 0.15) is 54.4 Å². The monoisotopic (exact) mass is 283 g/mol. The van der Waals surface area contributed by atoms with E-state index in [2.05, 4.69) is 13.8 Å². The van der Waals surface area contributed by atoms with Crippen molar-refractivity contribution in [1.82, 2.24) is 4.90 Å². The molecular weight excluding hydrogens is 254 g/mol. The third kappa shape index (κ3) is 3.15. The molecule has 1 N–H and O–H groups in total. The van der Waals surface area contributed by atoms with Gasteiger partial charge in [0.25, 0.3) is 0 Å². The molecule has 0 spiro atoms. The van der Waals surface area contributed by atoms with Gasteiger partial charge < -0.3 is 10.0 Å². The fourth-order valence-corrected chi connectivity index (χ4v) is 3.44. The molecule has 1 heterocycles. The van der Waals surface area contributed by atoms with E-state index in [1.807, 2.05) is 27.7 Å². The lowest BCUT2D eigenvalue weighted by Crippen LogP contribution is -2.44. The first-order valence-corrected chi connectivity index (χ1v) is 7.55. The van der Waals surface area contributed by atoms with E-state index >= 15 is 0 Å². The number of aliphatic carboxylic acids is 1. The summed E-state index contributed by atoms with van der Waals surface area (Å²) in [4.78, 5) is 26.1. The normalized spacial score (nSPS) is 23.7. The number of amides is 1. The van der Waals surface area contributed by atoms with Crippen LogP contribution in [-0.4, -0.2) is 35.0 Å². The van der Waals surface area contributed by atoms with Gasteiger partial charge in [-0.2, -0.15) is 0 Å². The molecule has 116 valence electrons. The topological polar surface area (TPSA) is 57.6 Å². The quantitative estimate of drug-likeness (QED) is 0.843. The van der Waals surface area contributed by atoms with Crippen molar-refractivity contribution in [1.29, 1.82) is 0 Å². The Labute approximate surface area is 122 Å². The van der Waals surface area contributed by atoms with E-state index in [0.717, 1.165) is 6.42 Å². The highest BCUT2D eigenvalue weighted by molar-refractivity contribution is 5.84. The van der Waals surface area contributed by atoms with Crippen LogP contribution in [0, 0.1) is 22.7 Å². The zero-order chi connectivity index (χ0) is 15.7. The summed E-state index contributed by atoms with van der Waals surface area (Å²) < 4.78 is 0. The van der Waals surface area contributed by atoms with Crippen molar-refractivity contribution in [3.63, 3.8) is 0 Å². The third-order valence-corrected chi connectivity index (χ3v) is 4.62. The van der Waals surface area contributed by atoms with E-state index in [1.165, 1.54) is 0 Å². The van der Waals surface area contributed by atoms with Gasteiger partial charge in [-0.3, -0.25) is 9.59 Å². The number of carbonyl (C=O) groups excluding carboxylic acids is 1. The van der Waals surface area contributed by atoms with Gasteiger partial charge in [0.1, 0.15) is 0 Å². The predicted octanol–water partition coefficient (Wildman–Crippen LogP) is 3.02. The van der Waals surface area contributed by atoms with Gasteiger partial charge in [0.15, 0.2) is 0 Å². The number of carboxylic acids is 1. The number of nitrogens with zero attached hydrogens (tertiary/aromatic N) is 1. The Morgan fingerprint density at radius 2 is 1.80 bits per heavy atom. The van der Waals surface area contributed by atoms with E-state index in [1.54, 1.807) is 4.90 Å². The van der Waals surface area contributed by atoms with Crippen molar-refractivity contribution >= 4 is 11.9 Å². The van der Waals surface area contributed by atoms with Gasteiger partial charge in [0, 0.05) is 18.5 Å². The summed E-state index contributed by atoms with van der Waals surface area (Å²) in [5.41, 5.74) is -1.19. The van der Waals surface area contributed by atoms with E-state index < -0.39 is 16.8 Å². The maximum Gasteiger partial charge on any atom is 0.311 e. The number of hydrogen-bond donors (Lipinski definition) is 1. The van der Waals surface area contributed by atoms with E-state index in [9.17, 15) is 14.7 Å². The number of carbonyl (C=O) groups is 2. The number of hydrogen-bond acceptors (Lipinski definition) is 2. The molecule has 1 aliphatic heterocycles. The zero-order valence-electron chi connectivity index (χ0n) is 13.7. The molecule has 0 aliphatic carbocycles. The van der Waals surface area contributed by atoms with Crippen molar-refractivity contribution < 1.29 is 14.7 Å². The van der Waals surface area contributed by atoms with Gasteiger partial charge in [-0.1, -0.05) is 41.5 Å². The summed E-state index contributed by atoms with van der Waals surface area (Å²) in [6, 6.07) is 0. The van der Waals surface area contributed by atoms with Gasteiger partial charge in [-0.15, -0.1) is 0 Å². The highest BCUT2D eigenvalue weighted by Crippen LogP contribution is 2.40. The Morgan fingerprint density at radius 1 is 1.25 bits per heavy atom. The molecule has 0 aromatic rings. The molecule has 1 atom stereocenters. The fourth-order valence-electron chi connectivity index (χ4n) is 3.44. The van der Waals surface area contributed by atoms with Crippen LogP contribution in [0.5, 0.6) is 0 Å². The standard InChI is InChI=1S/C16H29NO3/c1-11(2)9-15(5,6)13(18)17-8-7-16(10-17,12(3)4)14(19)20/h11-12H,7-10H2,1-6H3,(H,19,20). The molecule has 20 heavy (non-hydrogen) atoms. The van der Waals surface area contributed by atoms with E-state index in [0.29, 0.717) is 25.4 Å². The van der Waals surface area contributed by atoms with Crippen LogP contribution in [-0.2, 0) is 9.59 Å². The number of rotatable bonds is 5. The molecule has 4 heteroatoms. The molecule has 1 aliphatic rings. The summed E-state index contributed by atoms with van der Waals surface area (Å²) in [5, 5.41) is 9.54. The summed E-state index contributed by atoms with van der Waals surface area (Å²) in [5.74, 6) is -0.198. The molecule has 0 bridgehead atoms. The molecule has 4 nitrogen and oxygen atoms in total. The van der Waals surface area contributed by atoms with Crippen LogP contribution >= 0.6 is 0 Å². The minimum absolute atomic E-state index is 0.0333. The van der Waals surface area contributed by atoms with Gasteiger partial charge in [0.05, 0.1) is 5.41 Å². The average molecular weight is 283 g/mol. The first-order valence-electron chi connectivity index (χ1n) is 7.55. The van der Waals surface area contributed by atoms with Gasteiger partial charge >= 0.3 is 5.97 Å². The van der Waals surface area contributed by atoms with Gasteiger partial charge in [0.2, 0.25) is 5.91 Å². The fraction of sp³-hybridized carbons (Fsp3) is 0.875. The Hall–Kier alpha value is -1.06. The first kappa shape index (κ1) is 17.0. The molecule has 0 aromatic heterocycles. The molecular formula is C16H29NO3. The lowest BCUT2D eigenvalue weighted by Gasteiger charge is -2.33. The SMILES string of the molecule is CC(C)CC(C)(C)C(=O)N1CCC(C(=O)O)(C(C)C)C1. The second kappa shape index (κ2) is 5.74. The van der Waals surface area contributed by atoms with E-state index in [-0.39, 0.29) is 11.8 Å².